The lowest BCUT2D eigenvalue weighted by molar-refractivity contribution is -0.134. The van der Waals surface area contributed by atoms with Crippen molar-refractivity contribution < 1.29 is 14.7 Å². The first kappa shape index (κ1) is 17.4. The zero-order chi connectivity index (χ0) is 17.6. The minimum Gasteiger partial charge on any atom is -0.386 e. The lowest BCUT2D eigenvalue weighted by Crippen LogP contribution is -2.39. The van der Waals surface area contributed by atoms with Gasteiger partial charge in [-0.05, 0) is 18.4 Å². The van der Waals surface area contributed by atoms with Gasteiger partial charge in [0.15, 0.2) is 5.78 Å². The normalized spacial score (nSPS) is 18.1. The predicted molar refractivity (Wildman–Crippen MR) is 96.1 cm³/mol. The molecule has 0 radical (unpaired) electrons. The highest BCUT2D eigenvalue weighted by molar-refractivity contribution is 5.97. The Balaban J connectivity index is 1.60. The van der Waals surface area contributed by atoms with Gasteiger partial charge in [-0.2, -0.15) is 0 Å². The van der Waals surface area contributed by atoms with Crippen LogP contribution in [-0.4, -0.2) is 34.3 Å². The zero-order valence-electron chi connectivity index (χ0n) is 14.2. The highest BCUT2D eigenvalue weighted by Crippen LogP contribution is 2.30. The maximum absolute atomic E-state index is 12.6. The number of rotatable bonds is 6. The van der Waals surface area contributed by atoms with Gasteiger partial charge in [0.05, 0.1) is 12.1 Å². The molecule has 2 aromatic rings. The molecule has 25 heavy (non-hydrogen) atoms. The Hall–Kier alpha value is -2.46. The first-order valence-corrected chi connectivity index (χ1v) is 8.77. The van der Waals surface area contributed by atoms with Crippen molar-refractivity contribution in [3.05, 3.63) is 71.8 Å². The molecule has 130 valence electrons. The molecule has 0 saturated carbocycles. The number of ketones is 1. The van der Waals surface area contributed by atoms with E-state index in [1.807, 2.05) is 48.5 Å². The fourth-order valence-electron chi connectivity index (χ4n) is 3.44. The van der Waals surface area contributed by atoms with E-state index in [0.717, 1.165) is 18.4 Å². The number of likely N-dealkylation sites (tertiary alicyclic amines) is 1. The van der Waals surface area contributed by atoms with Crippen molar-refractivity contribution in [1.82, 2.24) is 4.90 Å². The average Bonchev–Trinajstić information content (AvgIpc) is 3.16. The first-order chi connectivity index (χ1) is 12.2. The Morgan fingerprint density at radius 2 is 1.64 bits per heavy atom. The molecule has 1 aliphatic rings. The van der Waals surface area contributed by atoms with E-state index >= 15 is 0 Å². The van der Waals surface area contributed by atoms with Crippen LogP contribution in [0.2, 0.25) is 0 Å². The monoisotopic (exact) mass is 337 g/mol. The Kier molecular flexibility index (Phi) is 5.61. The van der Waals surface area contributed by atoms with Gasteiger partial charge in [0.1, 0.15) is 0 Å². The van der Waals surface area contributed by atoms with Crippen molar-refractivity contribution in [2.75, 3.05) is 6.54 Å². The van der Waals surface area contributed by atoms with Crippen LogP contribution in [0.25, 0.3) is 0 Å². The van der Waals surface area contributed by atoms with Crippen LogP contribution in [0.1, 0.15) is 47.7 Å². The minimum atomic E-state index is -0.683. The van der Waals surface area contributed by atoms with Crippen LogP contribution < -0.4 is 0 Å². The molecule has 0 spiro atoms. The van der Waals surface area contributed by atoms with E-state index in [1.165, 1.54) is 0 Å². The number of aliphatic hydroxyl groups excluding tert-OH is 1. The summed E-state index contributed by atoms with van der Waals surface area (Å²) in [4.78, 5) is 26.5. The number of benzene rings is 2. The Morgan fingerprint density at radius 1 is 1.00 bits per heavy atom. The molecule has 4 heteroatoms. The smallest absolute Gasteiger partial charge is 0.223 e. The number of carbonyl (C=O) groups excluding carboxylic acids is 2. The highest BCUT2D eigenvalue weighted by Gasteiger charge is 2.34. The molecular weight excluding hydrogens is 314 g/mol. The van der Waals surface area contributed by atoms with Gasteiger partial charge < -0.3 is 10.0 Å². The zero-order valence-corrected chi connectivity index (χ0v) is 14.2. The van der Waals surface area contributed by atoms with Crippen LogP contribution in [-0.2, 0) is 4.79 Å². The van der Waals surface area contributed by atoms with E-state index in [0.29, 0.717) is 12.1 Å². The lowest BCUT2D eigenvalue weighted by Gasteiger charge is -2.29. The van der Waals surface area contributed by atoms with Gasteiger partial charge in [-0.1, -0.05) is 60.7 Å². The summed E-state index contributed by atoms with van der Waals surface area (Å²) in [6.07, 6.45) is 1.37. The molecule has 1 aliphatic heterocycles. The summed E-state index contributed by atoms with van der Waals surface area (Å²) in [7, 11) is 0. The molecule has 0 aromatic heterocycles. The molecule has 2 aromatic carbocycles. The number of nitrogens with zero attached hydrogens (tertiary/aromatic N) is 1. The van der Waals surface area contributed by atoms with Crippen molar-refractivity contribution in [2.45, 2.75) is 37.8 Å². The summed E-state index contributed by atoms with van der Waals surface area (Å²) >= 11 is 0. The summed E-state index contributed by atoms with van der Waals surface area (Å²) in [5.41, 5.74) is 1.46. The molecule has 1 fully saturated rings. The van der Waals surface area contributed by atoms with Gasteiger partial charge in [0.25, 0.3) is 0 Å². The standard InChI is InChI=1S/C21H23NO3/c23-19(16-8-3-1-4-9-16)13-14-20(24)22-15-7-12-18(22)21(25)17-10-5-2-6-11-17/h1-6,8-11,18,21,25H,7,12-15H2/t18-,21-/m0/s1. The van der Waals surface area contributed by atoms with E-state index in [2.05, 4.69) is 0 Å². The molecule has 0 aliphatic carbocycles. The van der Waals surface area contributed by atoms with Gasteiger partial charge in [-0.15, -0.1) is 0 Å². The molecule has 0 bridgehead atoms. The van der Waals surface area contributed by atoms with Crippen LogP contribution in [0.5, 0.6) is 0 Å². The highest BCUT2D eigenvalue weighted by atomic mass is 16.3. The van der Waals surface area contributed by atoms with Crippen molar-refractivity contribution in [1.29, 1.82) is 0 Å². The van der Waals surface area contributed by atoms with E-state index in [4.69, 9.17) is 0 Å². The second-order valence-corrected chi connectivity index (χ2v) is 6.44. The van der Waals surface area contributed by atoms with Crippen LogP contribution in [0.4, 0.5) is 0 Å². The topological polar surface area (TPSA) is 57.6 Å². The van der Waals surface area contributed by atoms with Crippen molar-refractivity contribution in [2.24, 2.45) is 0 Å². The van der Waals surface area contributed by atoms with Gasteiger partial charge >= 0.3 is 0 Å². The van der Waals surface area contributed by atoms with E-state index in [1.54, 1.807) is 17.0 Å². The van der Waals surface area contributed by atoms with Gasteiger partial charge in [0, 0.05) is 24.9 Å². The van der Waals surface area contributed by atoms with Crippen molar-refractivity contribution in [3.63, 3.8) is 0 Å². The molecule has 1 N–H and O–H groups in total. The number of carbonyl (C=O) groups is 2. The van der Waals surface area contributed by atoms with Crippen LogP contribution in [0.3, 0.4) is 0 Å². The SMILES string of the molecule is O=C(CCC(=O)N1CCC[C@H]1[C@@H](O)c1ccccc1)c1ccccc1. The van der Waals surface area contributed by atoms with Gasteiger partial charge in [0.2, 0.25) is 5.91 Å². The van der Waals surface area contributed by atoms with Gasteiger partial charge in [-0.3, -0.25) is 9.59 Å². The quantitative estimate of drug-likeness (QED) is 0.822. The van der Waals surface area contributed by atoms with E-state index < -0.39 is 6.10 Å². The number of aliphatic hydroxyl groups is 1. The van der Waals surface area contributed by atoms with Crippen LogP contribution >= 0.6 is 0 Å². The predicted octanol–water partition coefficient (Wildman–Crippen LogP) is 3.37. The third-order valence-corrected chi connectivity index (χ3v) is 4.79. The largest absolute Gasteiger partial charge is 0.386 e. The Labute approximate surface area is 148 Å². The molecule has 1 saturated heterocycles. The molecule has 3 rings (SSSR count). The summed E-state index contributed by atoms with van der Waals surface area (Å²) in [5.74, 6) is -0.0740. The maximum atomic E-state index is 12.6. The molecule has 0 unspecified atom stereocenters. The number of hydrogen-bond acceptors (Lipinski definition) is 3. The first-order valence-electron chi connectivity index (χ1n) is 8.77. The fraction of sp³-hybridized carbons (Fsp3) is 0.333. The van der Waals surface area contributed by atoms with Crippen molar-refractivity contribution in [3.8, 4) is 0 Å². The third-order valence-electron chi connectivity index (χ3n) is 4.79. The van der Waals surface area contributed by atoms with Crippen molar-refractivity contribution >= 4 is 11.7 Å². The average molecular weight is 337 g/mol. The van der Waals surface area contributed by atoms with Crippen LogP contribution in [0.15, 0.2) is 60.7 Å². The number of hydrogen-bond donors (Lipinski definition) is 1. The van der Waals surface area contributed by atoms with Gasteiger partial charge in [-0.25, -0.2) is 0 Å². The molecular formula is C21H23NO3. The Bertz CT molecular complexity index is 714. The Morgan fingerprint density at radius 3 is 2.32 bits per heavy atom. The maximum Gasteiger partial charge on any atom is 0.223 e. The van der Waals surface area contributed by atoms with Crippen LogP contribution in [0, 0.1) is 0 Å². The van der Waals surface area contributed by atoms with E-state index in [-0.39, 0.29) is 30.6 Å². The summed E-state index contributed by atoms with van der Waals surface area (Å²) in [5, 5.41) is 10.6. The third kappa shape index (κ3) is 4.15. The fourth-order valence-corrected chi connectivity index (χ4v) is 3.44. The lowest BCUT2D eigenvalue weighted by atomic mass is 10.00. The second-order valence-electron chi connectivity index (χ2n) is 6.44. The molecule has 1 amide bonds. The molecule has 4 nitrogen and oxygen atoms in total. The van der Waals surface area contributed by atoms with E-state index in [9.17, 15) is 14.7 Å². The minimum absolute atomic E-state index is 0.0201. The number of amides is 1. The summed E-state index contributed by atoms with van der Waals surface area (Å²) in [6, 6.07) is 18.3. The molecule has 1 heterocycles. The second kappa shape index (κ2) is 8.08. The number of Topliss-reactive ketones (excluding diaryl/α,β-unsaturated/α-hetero) is 1. The summed E-state index contributed by atoms with van der Waals surface area (Å²) < 4.78 is 0. The summed E-state index contributed by atoms with van der Waals surface area (Å²) in [6.45, 7) is 0.646. The molecule has 2 atom stereocenters.